The fourth-order valence-electron chi connectivity index (χ4n) is 2.24. The van der Waals surface area contributed by atoms with Crippen LogP contribution in [0.3, 0.4) is 0 Å². The average Bonchev–Trinajstić information content (AvgIpc) is 3.02. The van der Waals surface area contributed by atoms with Crippen LogP contribution in [-0.4, -0.2) is 36.4 Å². The first-order chi connectivity index (χ1) is 10.1. The molecule has 0 saturated carbocycles. The highest BCUT2D eigenvalue weighted by molar-refractivity contribution is 7.80. The number of carbonyl (C=O) groups excluding carboxylic acids is 1. The van der Waals surface area contributed by atoms with Crippen molar-refractivity contribution in [2.45, 2.75) is 6.92 Å². The Morgan fingerprint density at radius 1 is 1.43 bits per heavy atom. The highest BCUT2D eigenvalue weighted by Gasteiger charge is 2.29. The Morgan fingerprint density at radius 2 is 2.14 bits per heavy atom. The third-order valence-electron chi connectivity index (χ3n) is 3.30. The van der Waals surface area contributed by atoms with Crippen LogP contribution in [0.15, 0.2) is 17.8 Å². The second-order valence-electron chi connectivity index (χ2n) is 4.48. The highest BCUT2D eigenvalue weighted by atomic mass is 32.1. The Morgan fingerprint density at radius 3 is 2.76 bits per heavy atom. The molecule has 6 nitrogen and oxygen atoms in total. The van der Waals surface area contributed by atoms with Crippen LogP contribution < -0.4 is 19.5 Å². The van der Waals surface area contributed by atoms with Crippen molar-refractivity contribution in [3.63, 3.8) is 0 Å². The second-order valence-corrected chi connectivity index (χ2v) is 4.87. The first-order valence-corrected chi connectivity index (χ1v) is 6.87. The van der Waals surface area contributed by atoms with E-state index in [0.29, 0.717) is 34.6 Å². The zero-order chi connectivity index (χ0) is 15.0. The molecule has 1 aromatic carbocycles. The van der Waals surface area contributed by atoms with Crippen molar-refractivity contribution in [3.8, 4) is 17.2 Å². The number of likely N-dealkylation sites (N-methyl/N-ethyl adjacent to an activating group) is 1. The Hall–Kier alpha value is -2.28. The van der Waals surface area contributed by atoms with Crippen molar-refractivity contribution in [2.75, 3.05) is 20.4 Å². The highest BCUT2D eigenvalue weighted by Crippen LogP contribution is 2.39. The summed E-state index contributed by atoms with van der Waals surface area (Å²) in [5.41, 5.74) is 1.14. The van der Waals surface area contributed by atoms with Crippen molar-refractivity contribution >= 4 is 29.3 Å². The van der Waals surface area contributed by atoms with Crippen LogP contribution in [0.4, 0.5) is 0 Å². The Bertz CT molecular complexity index is 657. The topological polar surface area (TPSA) is 60.0 Å². The van der Waals surface area contributed by atoms with Gasteiger partial charge < -0.3 is 19.5 Å². The quantitative estimate of drug-likeness (QED) is 0.674. The molecule has 1 N–H and O–H groups in total. The number of nitrogens with one attached hydrogen (secondary N) is 1. The third-order valence-corrected chi connectivity index (χ3v) is 3.63. The second kappa shape index (κ2) is 5.25. The van der Waals surface area contributed by atoms with E-state index in [1.54, 1.807) is 25.3 Å². The van der Waals surface area contributed by atoms with Crippen molar-refractivity contribution in [2.24, 2.45) is 0 Å². The number of fused-ring (bicyclic) bond motifs is 1. The van der Waals surface area contributed by atoms with Gasteiger partial charge in [-0.25, -0.2) is 0 Å². The molecule has 7 heteroatoms. The number of hydrogen-bond donors (Lipinski definition) is 1. The molecular weight excluding hydrogens is 292 g/mol. The molecule has 0 aromatic heterocycles. The van der Waals surface area contributed by atoms with Gasteiger partial charge in [0, 0.05) is 18.2 Å². The molecule has 1 fully saturated rings. The van der Waals surface area contributed by atoms with Gasteiger partial charge in [-0.05, 0) is 31.3 Å². The van der Waals surface area contributed by atoms with Crippen molar-refractivity contribution in [1.29, 1.82) is 0 Å². The number of methoxy groups -OCH3 is 1. The van der Waals surface area contributed by atoms with Crippen LogP contribution in [-0.2, 0) is 4.79 Å². The summed E-state index contributed by atoms with van der Waals surface area (Å²) < 4.78 is 16.0. The van der Waals surface area contributed by atoms with Gasteiger partial charge in [-0.15, -0.1) is 0 Å². The lowest BCUT2D eigenvalue weighted by Gasteiger charge is -2.09. The molecule has 0 unspecified atom stereocenters. The van der Waals surface area contributed by atoms with Crippen molar-refractivity contribution in [3.05, 3.63) is 23.4 Å². The van der Waals surface area contributed by atoms with Gasteiger partial charge >= 0.3 is 0 Å². The van der Waals surface area contributed by atoms with Crippen molar-refractivity contribution < 1.29 is 19.0 Å². The largest absolute Gasteiger partial charge is 0.496 e. The number of amides is 1. The molecule has 21 heavy (non-hydrogen) atoms. The lowest BCUT2D eigenvalue weighted by molar-refractivity contribution is -0.122. The summed E-state index contributed by atoms with van der Waals surface area (Å²) in [5.74, 6) is 1.71. The maximum atomic E-state index is 12.2. The number of rotatable bonds is 3. The molecule has 0 aliphatic carbocycles. The summed E-state index contributed by atoms with van der Waals surface area (Å²) in [6.07, 6.45) is 1.70. The van der Waals surface area contributed by atoms with Crippen LogP contribution in [0.5, 0.6) is 17.2 Å². The average molecular weight is 306 g/mol. The number of hydrogen-bond acceptors (Lipinski definition) is 5. The molecule has 3 rings (SSSR count). The number of thiocarbonyl (C=S) groups is 1. The lowest BCUT2D eigenvalue weighted by atomic mass is 10.1. The van der Waals surface area contributed by atoms with Crippen molar-refractivity contribution in [1.82, 2.24) is 10.2 Å². The molecule has 0 atom stereocenters. The zero-order valence-corrected chi connectivity index (χ0v) is 12.5. The Kier molecular flexibility index (Phi) is 3.42. The first-order valence-electron chi connectivity index (χ1n) is 6.46. The molecule has 1 aromatic rings. The molecule has 110 valence electrons. The molecular formula is C14H14N2O4S. The number of ether oxygens (including phenoxy) is 3. The van der Waals surface area contributed by atoms with E-state index in [9.17, 15) is 4.79 Å². The predicted molar refractivity (Wildman–Crippen MR) is 80.2 cm³/mol. The third kappa shape index (κ3) is 2.29. The molecule has 1 saturated heterocycles. The Labute approximate surface area is 127 Å². The van der Waals surface area contributed by atoms with Gasteiger partial charge in [0.2, 0.25) is 6.79 Å². The standard InChI is InChI=1S/C14H14N2O4S/c1-3-16-13(17)9(15-14(16)21)4-8-5-11-12(20-7-19-11)6-10(8)18-2/h4-6H,3,7H2,1-2H3,(H,15,21). The molecule has 1 amide bonds. The maximum Gasteiger partial charge on any atom is 0.276 e. The van der Waals surface area contributed by atoms with Gasteiger partial charge in [0.15, 0.2) is 16.6 Å². The van der Waals surface area contributed by atoms with E-state index in [0.717, 1.165) is 5.56 Å². The van der Waals surface area contributed by atoms with E-state index in [4.69, 9.17) is 26.4 Å². The van der Waals surface area contributed by atoms with Crippen LogP contribution >= 0.6 is 12.2 Å². The van der Waals surface area contributed by atoms with E-state index in [1.165, 1.54) is 4.90 Å². The summed E-state index contributed by atoms with van der Waals surface area (Å²) in [5, 5.41) is 3.32. The van der Waals surface area contributed by atoms with Crippen LogP contribution in [0.2, 0.25) is 0 Å². The van der Waals surface area contributed by atoms with Crippen LogP contribution in [0, 0.1) is 0 Å². The zero-order valence-electron chi connectivity index (χ0n) is 11.6. The van der Waals surface area contributed by atoms with Gasteiger partial charge in [-0.1, -0.05) is 0 Å². The van der Waals surface area contributed by atoms with Gasteiger partial charge in [-0.2, -0.15) is 0 Å². The van der Waals surface area contributed by atoms with Gasteiger partial charge in [-0.3, -0.25) is 9.69 Å². The summed E-state index contributed by atoms with van der Waals surface area (Å²) in [6.45, 7) is 2.58. The molecule has 0 radical (unpaired) electrons. The first kappa shape index (κ1) is 13.7. The number of nitrogens with zero attached hydrogens (tertiary/aromatic N) is 1. The minimum atomic E-state index is -0.151. The van der Waals surface area contributed by atoms with E-state index >= 15 is 0 Å². The fourth-order valence-corrected chi connectivity index (χ4v) is 2.56. The predicted octanol–water partition coefficient (Wildman–Crippen LogP) is 1.50. The minimum Gasteiger partial charge on any atom is -0.496 e. The van der Waals surface area contributed by atoms with Gasteiger partial charge in [0.1, 0.15) is 11.4 Å². The minimum absolute atomic E-state index is 0.151. The smallest absolute Gasteiger partial charge is 0.276 e. The number of carbonyl (C=O) groups is 1. The van der Waals surface area contributed by atoms with E-state index in [-0.39, 0.29) is 12.7 Å². The van der Waals surface area contributed by atoms with Gasteiger partial charge in [0.25, 0.3) is 5.91 Å². The molecule has 2 heterocycles. The monoisotopic (exact) mass is 306 g/mol. The normalized spacial score (nSPS) is 18.4. The van der Waals surface area contributed by atoms with Crippen LogP contribution in [0.1, 0.15) is 12.5 Å². The summed E-state index contributed by atoms with van der Waals surface area (Å²) in [4.78, 5) is 13.7. The van der Waals surface area contributed by atoms with Crippen LogP contribution in [0.25, 0.3) is 6.08 Å². The van der Waals surface area contributed by atoms with E-state index < -0.39 is 0 Å². The molecule has 2 aliphatic rings. The molecule has 0 bridgehead atoms. The molecule has 0 spiro atoms. The maximum absolute atomic E-state index is 12.2. The SMILES string of the molecule is CCN1C(=O)C(=Cc2cc3c(cc2OC)OCO3)NC1=S. The van der Waals surface area contributed by atoms with E-state index in [1.807, 2.05) is 6.92 Å². The van der Waals surface area contributed by atoms with Gasteiger partial charge in [0.05, 0.1) is 7.11 Å². The Balaban J connectivity index is 2.00. The summed E-state index contributed by atoms with van der Waals surface area (Å²) in [6, 6.07) is 3.52. The summed E-state index contributed by atoms with van der Waals surface area (Å²) >= 11 is 5.13. The number of benzene rings is 1. The summed E-state index contributed by atoms with van der Waals surface area (Å²) in [7, 11) is 1.56. The fraction of sp³-hybridized carbons (Fsp3) is 0.286. The lowest BCUT2D eigenvalue weighted by Crippen LogP contribution is -2.30. The van der Waals surface area contributed by atoms with E-state index in [2.05, 4.69) is 5.32 Å². The molecule has 2 aliphatic heterocycles.